The normalized spacial score (nSPS) is 12.5. The second-order valence-corrected chi connectivity index (χ2v) is 5.74. The number of nitrogens with zero attached hydrogens (tertiary/aromatic N) is 4. The minimum Gasteiger partial charge on any atom is -0.392 e. The Labute approximate surface area is 130 Å². The molecule has 0 saturated carbocycles. The van der Waals surface area contributed by atoms with Gasteiger partial charge in [-0.25, -0.2) is 9.67 Å². The van der Waals surface area contributed by atoms with Crippen LogP contribution in [0.25, 0.3) is 5.69 Å². The van der Waals surface area contributed by atoms with Crippen molar-refractivity contribution < 1.29 is 9.90 Å². The summed E-state index contributed by atoms with van der Waals surface area (Å²) in [5.41, 5.74) is 2.44. The molecule has 0 aliphatic carbocycles. The summed E-state index contributed by atoms with van der Waals surface area (Å²) >= 11 is 0. The molecule has 0 bridgehead atoms. The molecule has 0 spiro atoms. The number of aliphatic hydroxyl groups excluding tert-OH is 1. The van der Waals surface area contributed by atoms with Crippen LogP contribution in [0.15, 0.2) is 30.9 Å². The molecule has 0 fully saturated rings. The molecule has 1 atom stereocenters. The molecule has 6 nitrogen and oxygen atoms in total. The third-order valence-corrected chi connectivity index (χ3v) is 3.45. The van der Waals surface area contributed by atoms with E-state index in [0.717, 1.165) is 11.3 Å². The quantitative estimate of drug-likeness (QED) is 0.914. The summed E-state index contributed by atoms with van der Waals surface area (Å²) in [6.45, 7) is 7.82. The summed E-state index contributed by atoms with van der Waals surface area (Å²) in [5.74, 6) is -0.0795. The molecule has 1 aromatic heterocycles. The zero-order valence-corrected chi connectivity index (χ0v) is 13.4. The lowest BCUT2D eigenvalue weighted by molar-refractivity contribution is 0.0578. The van der Waals surface area contributed by atoms with Crippen LogP contribution in [0, 0.1) is 6.92 Å². The van der Waals surface area contributed by atoms with Crippen molar-refractivity contribution in [3.8, 4) is 5.69 Å². The lowest BCUT2D eigenvalue weighted by atomic mass is 10.1. The van der Waals surface area contributed by atoms with Gasteiger partial charge in [-0.15, -0.1) is 0 Å². The Morgan fingerprint density at radius 3 is 2.59 bits per heavy atom. The number of aryl methyl sites for hydroxylation is 1. The van der Waals surface area contributed by atoms with E-state index in [1.165, 1.54) is 6.33 Å². The minimum absolute atomic E-state index is 0.0254. The topological polar surface area (TPSA) is 71.2 Å². The van der Waals surface area contributed by atoms with Gasteiger partial charge in [0.05, 0.1) is 11.8 Å². The molecule has 1 N–H and O–H groups in total. The van der Waals surface area contributed by atoms with E-state index in [2.05, 4.69) is 10.1 Å². The molecule has 118 valence electrons. The van der Waals surface area contributed by atoms with E-state index in [1.54, 1.807) is 28.9 Å². The molecular weight excluding hydrogens is 280 g/mol. The van der Waals surface area contributed by atoms with Crippen molar-refractivity contribution in [1.82, 2.24) is 19.7 Å². The Bertz CT molecular complexity index is 636. The maximum absolute atomic E-state index is 12.7. The van der Waals surface area contributed by atoms with Gasteiger partial charge in [-0.2, -0.15) is 5.10 Å². The first-order valence-electron chi connectivity index (χ1n) is 7.35. The van der Waals surface area contributed by atoms with Crippen molar-refractivity contribution >= 4 is 5.91 Å². The fourth-order valence-electron chi connectivity index (χ4n) is 2.36. The van der Waals surface area contributed by atoms with Crippen molar-refractivity contribution in [2.75, 3.05) is 6.54 Å². The lowest BCUT2D eigenvalue weighted by Crippen LogP contribution is -2.41. The maximum Gasteiger partial charge on any atom is 0.254 e. The predicted molar refractivity (Wildman–Crippen MR) is 83.9 cm³/mol. The summed E-state index contributed by atoms with van der Waals surface area (Å²) in [5, 5.41) is 13.7. The number of aliphatic hydroxyl groups is 1. The van der Waals surface area contributed by atoms with E-state index >= 15 is 0 Å². The summed E-state index contributed by atoms with van der Waals surface area (Å²) in [7, 11) is 0. The summed E-state index contributed by atoms with van der Waals surface area (Å²) in [6.07, 6.45) is 2.54. The predicted octanol–water partition coefficient (Wildman–Crippen LogP) is 1.81. The van der Waals surface area contributed by atoms with Gasteiger partial charge in [0.25, 0.3) is 5.91 Å². The van der Waals surface area contributed by atoms with Crippen molar-refractivity contribution in [2.24, 2.45) is 0 Å². The van der Waals surface area contributed by atoms with Crippen molar-refractivity contribution in [2.45, 2.75) is 39.8 Å². The number of hydrogen-bond acceptors (Lipinski definition) is 4. The second kappa shape index (κ2) is 6.70. The Kier molecular flexibility index (Phi) is 4.92. The summed E-state index contributed by atoms with van der Waals surface area (Å²) in [6, 6.07) is 5.51. The van der Waals surface area contributed by atoms with Gasteiger partial charge in [-0.1, -0.05) is 0 Å². The first-order valence-corrected chi connectivity index (χ1v) is 7.35. The molecule has 0 aliphatic rings. The number of benzene rings is 1. The number of hydrogen-bond donors (Lipinski definition) is 1. The number of carbonyl (C=O) groups is 1. The van der Waals surface area contributed by atoms with Crippen LogP contribution in [0.4, 0.5) is 0 Å². The van der Waals surface area contributed by atoms with Crippen LogP contribution in [0.5, 0.6) is 0 Å². The average molecular weight is 302 g/mol. The molecule has 0 aliphatic heterocycles. The van der Waals surface area contributed by atoms with Crippen LogP contribution in [0.1, 0.15) is 36.7 Å². The third kappa shape index (κ3) is 3.51. The van der Waals surface area contributed by atoms with Crippen LogP contribution < -0.4 is 0 Å². The highest BCUT2D eigenvalue weighted by Crippen LogP contribution is 2.17. The van der Waals surface area contributed by atoms with Crippen molar-refractivity contribution in [1.29, 1.82) is 0 Å². The van der Waals surface area contributed by atoms with Gasteiger partial charge >= 0.3 is 0 Å². The molecule has 2 aromatic rings. The molecule has 22 heavy (non-hydrogen) atoms. The van der Waals surface area contributed by atoms with Gasteiger partial charge < -0.3 is 10.0 Å². The maximum atomic E-state index is 12.7. The highest BCUT2D eigenvalue weighted by Gasteiger charge is 2.20. The van der Waals surface area contributed by atoms with Crippen LogP contribution in [-0.4, -0.2) is 49.4 Å². The van der Waals surface area contributed by atoms with Gasteiger partial charge in [-0.3, -0.25) is 4.79 Å². The number of aromatic nitrogens is 3. The van der Waals surface area contributed by atoms with Gasteiger partial charge in [0.2, 0.25) is 0 Å². The van der Waals surface area contributed by atoms with Crippen LogP contribution in [0.3, 0.4) is 0 Å². The Morgan fingerprint density at radius 1 is 1.36 bits per heavy atom. The van der Waals surface area contributed by atoms with E-state index in [4.69, 9.17) is 0 Å². The molecule has 1 unspecified atom stereocenters. The van der Waals surface area contributed by atoms with Crippen LogP contribution >= 0.6 is 0 Å². The zero-order chi connectivity index (χ0) is 16.3. The fraction of sp³-hybridized carbons (Fsp3) is 0.438. The summed E-state index contributed by atoms with van der Waals surface area (Å²) in [4.78, 5) is 18.3. The molecule has 1 heterocycles. The highest BCUT2D eigenvalue weighted by atomic mass is 16.3. The molecule has 0 radical (unpaired) electrons. The standard InChI is InChI=1S/C16H22N4O2/c1-11(2)19(8-13(4)21)16(22)14-5-6-15(12(3)7-14)20-10-17-9-18-20/h5-7,9-11,13,21H,8H2,1-4H3. The van der Waals surface area contributed by atoms with E-state index in [0.29, 0.717) is 12.1 Å². The van der Waals surface area contributed by atoms with Crippen molar-refractivity contribution in [3.05, 3.63) is 42.0 Å². The van der Waals surface area contributed by atoms with Gasteiger partial charge in [-0.05, 0) is 51.5 Å². The molecule has 1 amide bonds. The largest absolute Gasteiger partial charge is 0.392 e. The monoisotopic (exact) mass is 302 g/mol. The number of carbonyl (C=O) groups excluding carboxylic acids is 1. The Morgan fingerprint density at radius 2 is 2.09 bits per heavy atom. The lowest BCUT2D eigenvalue weighted by Gasteiger charge is -2.28. The zero-order valence-electron chi connectivity index (χ0n) is 13.4. The first kappa shape index (κ1) is 16.2. The van der Waals surface area contributed by atoms with Crippen LogP contribution in [-0.2, 0) is 0 Å². The second-order valence-electron chi connectivity index (χ2n) is 5.74. The van der Waals surface area contributed by atoms with Gasteiger partial charge in [0.1, 0.15) is 12.7 Å². The Hall–Kier alpha value is -2.21. The molecule has 0 saturated heterocycles. The van der Waals surface area contributed by atoms with Crippen molar-refractivity contribution in [3.63, 3.8) is 0 Å². The van der Waals surface area contributed by atoms with E-state index < -0.39 is 6.10 Å². The molecule has 1 aromatic carbocycles. The fourth-order valence-corrected chi connectivity index (χ4v) is 2.36. The van der Waals surface area contributed by atoms with E-state index in [9.17, 15) is 9.90 Å². The minimum atomic E-state index is -0.554. The van der Waals surface area contributed by atoms with Gasteiger partial charge in [0.15, 0.2) is 0 Å². The number of rotatable bonds is 5. The number of amides is 1. The summed E-state index contributed by atoms with van der Waals surface area (Å²) < 4.78 is 1.67. The molecule has 6 heteroatoms. The van der Waals surface area contributed by atoms with E-state index in [-0.39, 0.29) is 11.9 Å². The molecule has 2 rings (SSSR count). The average Bonchev–Trinajstić information content (AvgIpc) is 2.97. The first-order chi connectivity index (χ1) is 10.4. The Balaban J connectivity index is 2.28. The third-order valence-electron chi connectivity index (χ3n) is 3.45. The molecular formula is C16H22N4O2. The van der Waals surface area contributed by atoms with E-state index in [1.807, 2.05) is 32.9 Å². The SMILES string of the molecule is Cc1cc(C(=O)N(CC(C)O)C(C)C)ccc1-n1cncn1. The smallest absolute Gasteiger partial charge is 0.254 e. The van der Waals surface area contributed by atoms with Crippen LogP contribution in [0.2, 0.25) is 0 Å². The highest BCUT2D eigenvalue weighted by molar-refractivity contribution is 5.95. The van der Waals surface area contributed by atoms with Gasteiger partial charge in [0, 0.05) is 18.2 Å².